The number of nitrogens with zero attached hydrogens (tertiary/aromatic N) is 2. The molecular formula is C16H35N3. The third kappa shape index (κ3) is 5.80. The first kappa shape index (κ1) is 16.9. The van der Waals surface area contributed by atoms with Crippen LogP contribution >= 0.6 is 0 Å². The molecule has 1 N–H and O–H groups in total. The van der Waals surface area contributed by atoms with Crippen LogP contribution < -0.4 is 5.32 Å². The highest BCUT2D eigenvalue weighted by atomic mass is 15.3. The maximum Gasteiger partial charge on any atom is 0.0192 e. The molecule has 0 spiro atoms. The van der Waals surface area contributed by atoms with E-state index < -0.39 is 0 Å². The lowest BCUT2D eigenvalue weighted by Crippen LogP contribution is -2.51. The molecule has 1 heterocycles. The van der Waals surface area contributed by atoms with Crippen LogP contribution in [0.1, 0.15) is 47.5 Å². The number of hydrogen-bond acceptors (Lipinski definition) is 3. The number of rotatable bonds is 6. The van der Waals surface area contributed by atoms with Crippen LogP contribution in [0.4, 0.5) is 0 Å². The smallest absolute Gasteiger partial charge is 0.0192 e. The largest absolute Gasteiger partial charge is 0.313 e. The summed E-state index contributed by atoms with van der Waals surface area (Å²) in [6.07, 6.45) is 2.48. The zero-order chi connectivity index (χ0) is 14.5. The SMILES string of the molecule is CCCNC(CCN1CCN(C)C(C)C1)C(C)(C)C. The summed E-state index contributed by atoms with van der Waals surface area (Å²) >= 11 is 0. The second-order valence-electron chi connectivity index (χ2n) is 7.29. The molecule has 3 heteroatoms. The topological polar surface area (TPSA) is 18.5 Å². The zero-order valence-corrected chi connectivity index (χ0v) is 14.0. The third-order valence-corrected chi connectivity index (χ3v) is 4.46. The molecule has 0 aromatic carbocycles. The van der Waals surface area contributed by atoms with Crippen molar-refractivity contribution in [2.75, 3.05) is 39.8 Å². The molecule has 0 aliphatic carbocycles. The Morgan fingerprint density at radius 3 is 2.47 bits per heavy atom. The van der Waals surface area contributed by atoms with Gasteiger partial charge < -0.3 is 15.1 Å². The van der Waals surface area contributed by atoms with E-state index in [0.29, 0.717) is 17.5 Å². The minimum absolute atomic E-state index is 0.355. The number of likely N-dealkylation sites (N-methyl/N-ethyl adjacent to an activating group) is 1. The van der Waals surface area contributed by atoms with Gasteiger partial charge in [0, 0.05) is 31.7 Å². The van der Waals surface area contributed by atoms with E-state index >= 15 is 0 Å². The van der Waals surface area contributed by atoms with E-state index in [1.54, 1.807) is 0 Å². The molecule has 0 aromatic rings. The molecule has 0 saturated carbocycles. The van der Waals surface area contributed by atoms with Crippen LogP contribution in [0.3, 0.4) is 0 Å². The highest BCUT2D eigenvalue weighted by Gasteiger charge is 2.26. The van der Waals surface area contributed by atoms with Gasteiger partial charge in [0.25, 0.3) is 0 Å². The van der Waals surface area contributed by atoms with Gasteiger partial charge in [-0.3, -0.25) is 0 Å². The van der Waals surface area contributed by atoms with E-state index in [4.69, 9.17) is 0 Å². The normalized spacial score (nSPS) is 24.6. The lowest BCUT2D eigenvalue weighted by atomic mass is 9.84. The summed E-state index contributed by atoms with van der Waals surface area (Å²) in [5.74, 6) is 0. The van der Waals surface area contributed by atoms with Gasteiger partial charge in [0.2, 0.25) is 0 Å². The monoisotopic (exact) mass is 269 g/mol. The van der Waals surface area contributed by atoms with Crippen LogP contribution in [-0.4, -0.2) is 61.7 Å². The van der Waals surface area contributed by atoms with Gasteiger partial charge in [0.1, 0.15) is 0 Å². The van der Waals surface area contributed by atoms with Crippen molar-refractivity contribution < 1.29 is 0 Å². The molecule has 1 fully saturated rings. The van der Waals surface area contributed by atoms with Crippen molar-refractivity contribution in [2.24, 2.45) is 5.41 Å². The highest BCUT2D eigenvalue weighted by molar-refractivity contribution is 4.83. The van der Waals surface area contributed by atoms with Crippen molar-refractivity contribution in [3.05, 3.63) is 0 Å². The molecule has 114 valence electrons. The predicted octanol–water partition coefficient (Wildman–Crippen LogP) is 2.43. The van der Waals surface area contributed by atoms with Crippen molar-refractivity contribution in [3.8, 4) is 0 Å². The van der Waals surface area contributed by atoms with Gasteiger partial charge in [-0.2, -0.15) is 0 Å². The molecule has 0 radical (unpaired) electrons. The van der Waals surface area contributed by atoms with E-state index in [2.05, 4.69) is 56.8 Å². The minimum atomic E-state index is 0.355. The predicted molar refractivity (Wildman–Crippen MR) is 84.7 cm³/mol. The van der Waals surface area contributed by atoms with Crippen LogP contribution in [0.25, 0.3) is 0 Å². The summed E-state index contributed by atoms with van der Waals surface area (Å²) < 4.78 is 0. The summed E-state index contributed by atoms with van der Waals surface area (Å²) in [7, 11) is 2.24. The Morgan fingerprint density at radius 1 is 1.26 bits per heavy atom. The van der Waals surface area contributed by atoms with E-state index in [-0.39, 0.29) is 0 Å². The molecule has 0 aromatic heterocycles. The van der Waals surface area contributed by atoms with Crippen molar-refractivity contribution in [2.45, 2.75) is 59.5 Å². The van der Waals surface area contributed by atoms with Gasteiger partial charge in [0.05, 0.1) is 0 Å². The summed E-state index contributed by atoms with van der Waals surface area (Å²) in [6.45, 7) is 17.7. The number of piperazine rings is 1. The van der Waals surface area contributed by atoms with Gasteiger partial charge in [0.15, 0.2) is 0 Å². The molecule has 0 bridgehead atoms. The zero-order valence-electron chi connectivity index (χ0n) is 14.0. The van der Waals surface area contributed by atoms with Crippen molar-refractivity contribution in [3.63, 3.8) is 0 Å². The van der Waals surface area contributed by atoms with Crippen LogP contribution in [-0.2, 0) is 0 Å². The fourth-order valence-electron chi connectivity index (χ4n) is 2.80. The second-order valence-corrected chi connectivity index (χ2v) is 7.29. The molecule has 1 saturated heterocycles. The summed E-state index contributed by atoms with van der Waals surface area (Å²) in [5, 5.41) is 3.73. The third-order valence-electron chi connectivity index (χ3n) is 4.46. The van der Waals surface area contributed by atoms with Crippen LogP contribution in [0, 0.1) is 5.41 Å². The maximum atomic E-state index is 3.73. The Bertz CT molecular complexity index is 247. The average molecular weight is 269 g/mol. The second kappa shape index (κ2) is 7.61. The van der Waals surface area contributed by atoms with Crippen molar-refractivity contribution in [1.82, 2.24) is 15.1 Å². The van der Waals surface area contributed by atoms with E-state index in [1.165, 1.54) is 39.0 Å². The van der Waals surface area contributed by atoms with Crippen LogP contribution in [0.5, 0.6) is 0 Å². The first-order valence-electron chi connectivity index (χ1n) is 8.00. The Labute approximate surface area is 120 Å². The molecule has 1 aliphatic heterocycles. The molecule has 2 atom stereocenters. The molecule has 2 unspecified atom stereocenters. The number of hydrogen-bond donors (Lipinski definition) is 1. The van der Waals surface area contributed by atoms with Crippen molar-refractivity contribution in [1.29, 1.82) is 0 Å². The standard InChI is InChI=1S/C16H35N3/c1-7-9-17-15(16(3,4)5)8-10-19-12-11-18(6)14(2)13-19/h14-15,17H,7-13H2,1-6H3. The molecule has 19 heavy (non-hydrogen) atoms. The van der Waals surface area contributed by atoms with Gasteiger partial charge in [-0.1, -0.05) is 27.7 Å². The lowest BCUT2D eigenvalue weighted by Gasteiger charge is -2.39. The number of nitrogens with one attached hydrogen (secondary N) is 1. The fraction of sp³-hybridized carbons (Fsp3) is 1.00. The van der Waals surface area contributed by atoms with E-state index in [9.17, 15) is 0 Å². The molecular weight excluding hydrogens is 234 g/mol. The Morgan fingerprint density at radius 2 is 1.95 bits per heavy atom. The Kier molecular flexibility index (Phi) is 6.78. The summed E-state index contributed by atoms with van der Waals surface area (Å²) in [6, 6.07) is 1.33. The average Bonchev–Trinajstić information content (AvgIpc) is 2.32. The highest BCUT2D eigenvalue weighted by Crippen LogP contribution is 2.22. The Hall–Kier alpha value is -0.120. The van der Waals surface area contributed by atoms with Crippen LogP contribution in [0.2, 0.25) is 0 Å². The first-order chi connectivity index (χ1) is 8.84. The molecule has 1 rings (SSSR count). The summed E-state index contributed by atoms with van der Waals surface area (Å²) in [4.78, 5) is 5.10. The van der Waals surface area contributed by atoms with Gasteiger partial charge in [-0.05, 0) is 45.3 Å². The van der Waals surface area contributed by atoms with Crippen LogP contribution in [0.15, 0.2) is 0 Å². The maximum absolute atomic E-state index is 3.73. The van der Waals surface area contributed by atoms with Crippen molar-refractivity contribution >= 4 is 0 Å². The molecule has 1 aliphatic rings. The van der Waals surface area contributed by atoms with E-state index in [0.717, 1.165) is 6.54 Å². The molecule has 3 nitrogen and oxygen atoms in total. The lowest BCUT2D eigenvalue weighted by molar-refractivity contribution is 0.0961. The van der Waals surface area contributed by atoms with Gasteiger partial charge in [-0.25, -0.2) is 0 Å². The Balaban J connectivity index is 2.39. The van der Waals surface area contributed by atoms with E-state index in [1.807, 2.05) is 0 Å². The van der Waals surface area contributed by atoms with Gasteiger partial charge in [-0.15, -0.1) is 0 Å². The van der Waals surface area contributed by atoms with Gasteiger partial charge >= 0.3 is 0 Å². The first-order valence-corrected chi connectivity index (χ1v) is 8.00. The quantitative estimate of drug-likeness (QED) is 0.799. The minimum Gasteiger partial charge on any atom is -0.313 e. The summed E-state index contributed by atoms with van der Waals surface area (Å²) in [5.41, 5.74) is 0.355. The fourth-order valence-corrected chi connectivity index (χ4v) is 2.80. The molecule has 0 amide bonds.